The van der Waals surface area contributed by atoms with Crippen LogP contribution in [0.1, 0.15) is 19.4 Å². The highest BCUT2D eigenvalue weighted by atomic mass is 127. The van der Waals surface area contributed by atoms with Crippen molar-refractivity contribution in [1.29, 1.82) is 0 Å². The van der Waals surface area contributed by atoms with Crippen molar-refractivity contribution in [2.45, 2.75) is 20.4 Å². The van der Waals surface area contributed by atoms with Gasteiger partial charge in [0.2, 0.25) is 5.88 Å². The molecule has 0 spiro atoms. The van der Waals surface area contributed by atoms with E-state index in [1.54, 1.807) is 0 Å². The van der Waals surface area contributed by atoms with Crippen LogP contribution in [0.2, 0.25) is 0 Å². The number of rotatable bonds is 6. The highest BCUT2D eigenvalue weighted by Gasteiger charge is 2.03. The minimum Gasteiger partial charge on any atom is -0.438 e. The van der Waals surface area contributed by atoms with Crippen LogP contribution >= 0.6 is 22.6 Å². The van der Waals surface area contributed by atoms with Crippen molar-refractivity contribution in [2.75, 3.05) is 6.54 Å². The molecule has 2 aromatic rings. The van der Waals surface area contributed by atoms with Crippen LogP contribution in [0.15, 0.2) is 42.6 Å². The smallest absolute Gasteiger partial charge is 0.219 e. The first-order valence-corrected chi connectivity index (χ1v) is 7.81. The summed E-state index contributed by atoms with van der Waals surface area (Å²) in [5.74, 6) is 2.12. The highest BCUT2D eigenvalue weighted by Crippen LogP contribution is 2.24. The summed E-state index contributed by atoms with van der Waals surface area (Å²) in [6.07, 6.45) is 1.86. The molecule has 0 unspecified atom stereocenters. The third kappa shape index (κ3) is 4.76. The molecule has 0 saturated carbocycles. The van der Waals surface area contributed by atoms with Crippen LogP contribution < -0.4 is 10.1 Å². The number of benzene rings is 1. The van der Waals surface area contributed by atoms with Gasteiger partial charge in [-0.05, 0) is 52.7 Å². The molecule has 0 radical (unpaired) electrons. The second kappa shape index (κ2) is 7.59. The highest BCUT2D eigenvalue weighted by molar-refractivity contribution is 14.1. The van der Waals surface area contributed by atoms with Gasteiger partial charge in [0.1, 0.15) is 5.75 Å². The molecule has 3 nitrogen and oxygen atoms in total. The van der Waals surface area contributed by atoms with Gasteiger partial charge >= 0.3 is 0 Å². The molecule has 1 N–H and O–H groups in total. The second-order valence-corrected chi connectivity index (χ2v) is 6.22. The third-order valence-electron chi connectivity index (χ3n) is 2.73. The van der Waals surface area contributed by atoms with Crippen LogP contribution in [0.5, 0.6) is 11.6 Å². The Morgan fingerprint density at radius 2 is 2.00 bits per heavy atom. The number of ether oxygens (including phenoxy) is 1. The lowest BCUT2D eigenvalue weighted by atomic mass is 10.2. The van der Waals surface area contributed by atoms with Crippen LogP contribution in [0, 0.1) is 9.49 Å². The Kier molecular flexibility index (Phi) is 5.79. The molecule has 0 atom stereocenters. The lowest BCUT2D eigenvalue weighted by molar-refractivity contribution is 0.459. The SMILES string of the molecule is CC(C)CNCc1ccc(Oc2ccccc2I)nc1. The number of nitrogens with zero attached hydrogens (tertiary/aromatic N) is 1. The molecule has 1 aromatic heterocycles. The van der Waals surface area contributed by atoms with E-state index in [2.05, 4.69) is 46.7 Å². The Hall–Kier alpha value is -1.14. The monoisotopic (exact) mass is 382 g/mol. The molecule has 4 heteroatoms. The first kappa shape index (κ1) is 15.3. The van der Waals surface area contributed by atoms with Gasteiger partial charge in [0, 0.05) is 18.8 Å². The van der Waals surface area contributed by atoms with Gasteiger partial charge in [-0.3, -0.25) is 0 Å². The molecule has 20 heavy (non-hydrogen) atoms. The first-order valence-electron chi connectivity index (χ1n) is 6.73. The van der Waals surface area contributed by atoms with Crippen molar-refractivity contribution in [3.05, 3.63) is 51.7 Å². The van der Waals surface area contributed by atoms with Gasteiger partial charge in [0.15, 0.2) is 0 Å². The fourth-order valence-corrected chi connectivity index (χ4v) is 2.22. The molecule has 0 aliphatic rings. The van der Waals surface area contributed by atoms with Gasteiger partial charge in [0.25, 0.3) is 0 Å². The largest absolute Gasteiger partial charge is 0.438 e. The second-order valence-electron chi connectivity index (χ2n) is 5.06. The summed E-state index contributed by atoms with van der Waals surface area (Å²) in [4.78, 5) is 4.35. The summed E-state index contributed by atoms with van der Waals surface area (Å²) in [6.45, 7) is 6.25. The van der Waals surface area contributed by atoms with E-state index in [-0.39, 0.29) is 0 Å². The molecule has 2 rings (SSSR count). The molecular formula is C16H19IN2O. The standard InChI is InChI=1S/C16H19IN2O/c1-12(2)9-18-10-13-7-8-16(19-11-13)20-15-6-4-3-5-14(15)17/h3-8,11-12,18H,9-10H2,1-2H3. The molecular weight excluding hydrogens is 363 g/mol. The average Bonchev–Trinajstić information content (AvgIpc) is 2.43. The summed E-state index contributed by atoms with van der Waals surface area (Å²) < 4.78 is 6.85. The zero-order valence-electron chi connectivity index (χ0n) is 11.8. The third-order valence-corrected chi connectivity index (χ3v) is 3.62. The predicted molar refractivity (Wildman–Crippen MR) is 90.0 cm³/mol. The minimum atomic E-state index is 0.627. The molecule has 0 aliphatic heterocycles. The summed E-state index contributed by atoms with van der Waals surface area (Å²) in [6, 6.07) is 11.9. The Balaban J connectivity index is 1.93. The summed E-state index contributed by atoms with van der Waals surface area (Å²) >= 11 is 2.26. The summed E-state index contributed by atoms with van der Waals surface area (Å²) in [7, 11) is 0. The number of hydrogen-bond donors (Lipinski definition) is 1. The number of nitrogens with one attached hydrogen (secondary N) is 1. The number of aromatic nitrogens is 1. The molecule has 0 amide bonds. The quantitative estimate of drug-likeness (QED) is 0.760. The number of hydrogen-bond acceptors (Lipinski definition) is 3. The molecule has 0 fully saturated rings. The molecule has 0 aliphatic carbocycles. The van der Waals surface area contributed by atoms with E-state index in [1.165, 1.54) is 5.56 Å². The maximum Gasteiger partial charge on any atom is 0.219 e. The zero-order valence-corrected chi connectivity index (χ0v) is 13.9. The van der Waals surface area contributed by atoms with Crippen LogP contribution in [-0.4, -0.2) is 11.5 Å². The van der Waals surface area contributed by atoms with Crippen molar-refractivity contribution in [1.82, 2.24) is 10.3 Å². The topological polar surface area (TPSA) is 34.1 Å². The van der Waals surface area contributed by atoms with Gasteiger partial charge in [-0.25, -0.2) is 4.98 Å². The van der Waals surface area contributed by atoms with Crippen LogP contribution in [0.25, 0.3) is 0 Å². The maximum absolute atomic E-state index is 5.77. The van der Waals surface area contributed by atoms with Gasteiger partial charge in [-0.1, -0.05) is 32.0 Å². The molecule has 0 saturated heterocycles. The summed E-state index contributed by atoms with van der Waals surface area (Å²) in [5.41, 5.74) is 1.17. The van der Waals surface area contributed by atoms with E-state index in [4.69, 9.17) is 4.74 Å². The van der Waals surface area contributed by atoms with Crippen LogP contribution in [0.4, 0.5) is 0 Å². The van der Waals surface area contributed by atoms with E-state index in [0.717, 1.165) is 22.4 Å². The normalized spacial score (nSPS) is 10.8. The number of halogens is 1. The fourth-order valence-electron chi connectivity index (χ4n) is 1.72. The van der Waals surface area contributed by atoms with Gasteiger partial charge < -0.3 is 10.1 Å². The van der Waals surface area contributed by atoms with E-state index in [0.29, 0.717) is 11.8 Å². The predicted octanol–water partition coefficient (Wildman–Crippen LogP) is 4.22. The van der Waals surface area contributed by atoms with E-state index in [1.807, 2.05) is 42.6 Å². The maximum atomic E-state index is 5.77. The molecule has 1 aromatic carbocycles. The number of pyridine rings is 1. The van der Waals surface area contributed by atoms with Crippen molar-refractivity contribution >= 4 is 22.6 Å². The molecule has 0 bridgehead atoms. The van der Waals surface area contributed by atoms with Crippen molar-refractivity contribution < 1.29 is 4.74 Å². The zero-order chi connectivity index (χ0) is 14.4. The lowest BCUT2D eigenvalue weighted by Gasteiger charge is -2.09. The van der Waals surface area contributed by atoms with Gasteiger partial charge in [0.05, 0.1) is 3.57 Å². The Labute approximate surface area is 133 Å². The van der Waals surface area contributed by atoms with E-state index in [9.17, 15) is 0 Å². The summed E-state index contributed by atoms with van der Waals surface area (Å²) in [5, 5.41) is 3.40. The first-order chi connectivity index (χ1) is 9.65. The lowest BCUT2D eigenvalue weighted by Crippen LogP contribution is -2.18. The van der Waals surface area contributed by atoms with Crippen molar-refractivity contribution in [3.8, 4) is 11.6 Å². The van der Waals surface area contributed by atoms with E-state index >= 15 is 0 Å². The Morgan fingerprint density at radius 3 is 2.65 bits per heavy atom. The minimum absolute atomic E-state index is 0.627. The average molecular weight is 382 g/mol. The van der Waals surface area contributed by atoms with Crippen LogP contribution in [0.3, 0.4) is 0 Å². The van der Waals surface area contributed by atoms with Gasteiger partial charge in [-0.2, -0.15) is 0 Å². The van der Waals surface area contributed by atoms with Crippen molar-refractivity contribution in [3.63, 3.8) is 0 Å². The molecule has 1 heterocycles. The van der Waals surface area contributed by atoms with E-state index < -0.39 is 0 Å². The Morgan fingerprint density at radius 1 is 1.20 bits per heavy atom. The molecule has 106 valence electrons. The van der Waals surface area contributed by atoms with Crippen molar-refractivity contribution in [2.24, 2.45) is 5.92 Å². The van der Waals surface area contributed by atoms with Gasteiger partial charge in [-0.15, -0.1) is 0 Å². The van der Waals surface area contributed by atoms with Crippen LogP contribution in [-0.2, 0) is 6.54 Å². The fraction of sp³-hybridized carbons (Fsp3) is 0.312. The Bertz CT molecular complexity index is 540. The number of para-hydroxylation sites is 1.